The van der Waals surface area contributed by atoms with Gasteiger partial charge in [0.05, 0.1) is 5.56 Å². The van der Waals surface area contributed by atoms with E-state index in [9.17, 15) is 4.79 Å². The third kappa shape index (κ3) is 5.77. The molecule has 2 heterocycles. The van der Waals surface area contributed by atoms with Crippen LogP contribution < -0.4 is 9.47 Å². The zero-order valence-corrected chi connectivity index (χ0v) is 22.2. The Morgan fingerprint density at radius 2 is 1.64 bits per heavy atom. The van der Waals surface area contributed by atoms with Gasteiger partial charge in [0.15, 0.2) is 0 Å². The molecular formula is C32H30N2O5. The fraction of sp³-hybridized carbons (Fsp3) is 0.219. The third-order valence-electron chi connectivity index (χ3n) is 6.70. The summed E-state index contributed by atoms with van der Waals surface area (Å²) in [6, 6.07) is 21.4. The minimum absolute atomic E-state index is 0.0340. The van der Waals surface area contributed by atoms with Gasteiger partial charge in [0, 0.05) is 18.0 Å². The van der Waals surface area contributed by atoms with Crippen LogP contribution >= 0.6 is 0 Å². The molecule has 0 saturated heterocycles. The highest BCUT2D eigenvalue weighted by Gasteiger charge is 2.18. The van der Waals surface area contributed by atoms with Crippen LogP contribution in [0.5, 0.6) is 11.5 Å². The molecular weight excluding hydrogens is 492 g/mol. The van der Waals surface area contributed by atoms with Crippen molar-refractivity contribution in [3.05, 3.63) is 107 Å². The van der Waals surface area contributed by atoms with Gasteiger partial charge in [-0.25, -0.2) is 9.78 Å². The van der Waals surface area contributed by atoms with E-state index in [1.54, 1.807) is 12.3 Å². The summed E-state index contributed by atoms with van der Waals surface area (Å²) in [7, 11) is 0. The first-order chi connectivity index (χ1) is 18.9. The lowest BCUT2D eigenvalue weighted by Crippen LogP contribution is -2.05. The third-order valence-corrected chi connectivity index (χ3v) is 6.70. The summed E-state index contributed by atoms with van der Waals surface area (Å²) in [4.78, 5) is 15.2. The van der Waals surface area contributed by atoms with Crippen molar-refractivity contribution in [2.75, 3.05) is 0 Å². The molecule has 198 valence electrons. The number of aryl methyl sites for hydroxylation is 3. The van der Waals surface area contributed by atoms with E-state index in [1.165, 1.54) is 0 Å². The van der Waals surface area contributed by atoms with E-state index in [0.717, 1.165) is 74.4 Å². The second-order valence-electron chi connectivity index (χ2n) is 9.54. The van der Waals surface area contributed by atoms with Gasteiger partial charge in [0.1, 0.15) is 41.9 Å². The van der Waals surface area contributed by atoms with Gasteiger partial charge in [-0.15, -0.1) is 0 Å². The molecule has 2 aromatic heterocycles. The second kappa shape index (κ2) is 11.4. The summed E-state index contributed by atoms with van der Waals surface area (Å²) in [5.74, 6) is 1.39. The lowest BCUT2D eigenvalue weighted by molar-refractivity contribution is 0.0690. The van der Waals surface area contributed by atoms with E-state index in [4.69, 9.17) is 19.1 Å². The lowest BCUT2D eigenvalue weighted by Gasteiger charge is -2.12. The first-order valence-corrected chi connectivity index (χ1v) is 12.9. The Hall–Kier alpha value is -4.65. The van der Waals surface area contributed by atoms with E-state index in [-0.39, 0.29) is 5.69 Å². The van der Waals surface area contributed by atoms with Gasteiger partial charge >= 0.3 is 5.97 Å². The van der Waals surface area contributed by atoms with Crippen LogP contribution in [0.2, 0.25) is 0 Å². The number of hydrogen-bond donors (Lipinski definition) is 1. The SMILES string of the molecule is CCCc1onc(COc2c(C)cccc2C)c1COc1ccc(-c2ccc3cc(C(=O)O)ncc3c2)cc1. The van der Waals surface area contributed by atoms with Crippen LogP contribution in [-0.4, -0.2) is 21.2 Å². The Morgan fingerprint density at radius 3 is 2.36 bits per heavy atom. The number of carboxylic acids is 1. The number of fused-ring (bicyclic) bond motifs is 1. The second-order valence-corrected chi connectivity index (χ2v) is 9.54. The summed E-state index contributed by atoms with van der Waals surface area (Å²) in [5.41, 5.74) is 5.89. The van der Waals surface area contributed by atoms with Gasteiger partial charge in [-0.05, 0) is 72.2 Å². The number of aromatic nitrogens is 2. The van der Waals surface area contributed by atoms with Crippen molar-refractivity contribution in [2.24, 2.45) is 0 Å². The highest BCUT2D eigenvalue weighted by atomic mass is 16.5. The van der Waals surface area contributed by atoms with Crippen molar-refractivity contribution in [2.45, 2.75) is 46.8 Å². The van der Waals surface area contributed by atoms with E-state index >= 15 is 0 Å². The van der Waals surface area contributed by atoms with Gasteiger partial charge < -0.3 is 19.1 Å². The molecule has 7 nitrogen and oxygen atoms in total. The molecule has 0 radical (unpaired) electrons. The molecule has 0 amide bonds. The van der Waals surface area contributed by atoms with E-state index in [0.29, 0.717) is 13.2 Å². The summed E-state index contributed by atoms with van der Waals surface area (Å²) < 4.78 is 18.0. The minimum Gasteiger partial charge on any atom is -0.489 e. The molecule has 39 heavy (non-hydrogen) atoms. The molecule has 3 aromatic carbocycles. The molecule has 1 N–H and O–H groups in total. The van der Waals surface area contributed by atoms with Crippen LogP contribution in [-0.2, 0) is 19.6 Å². The van der Waals surface area contributed by atoms with Crippen LogP contribution in [0.4, 0.5) is 0 Å². The topological polar surface area (TPSA) is 94.7 Å². The molecule has 0 fully saturated rings. The number of benzene rings is 3. The largest absolute Gasteiger partial charge is 0.489 e. The monoisotopic (exact) mass is 522 g/mol. The molecule has 0 spiro atoms. The predicted molar refractivity (Wildman–Crippen MR) is 149 cm³/mol. The molecule has 0 aliphatic rings. The summed E-state index contributed by atoms with van der Waals surface area (Å²) in [5, 5.41) is 15.2. The molecule has 5 aromatic rings. The Morgan fingerprint density at radius 1 is 0.897 bits per heavy atom. The number of pyridine rings is 1. The van der Waals surface area contributed by atoms with Gasteiger partial charge in [-0.3, -0.25) is 0 Å². The molecule has 0 aliphatic carbocycles. The fourth-order valence-electron chi connectivity index (χ4n) is 4.59. The van der Waals surface area contributed by atoms with Crippen LogP contribution in [0.15, 0.2) is 77.4 Å². The maximum atomic E-state index is 11.2. The van der Waals surface area contributed by atoms with Gasteiger partial charge in [-0.2, -0.15) is 0 Å². The van der Waals surface area contributed by atoms with Gasteiger partial charge in [0.2, 0.25) is 0 Å². The summed E-state index contributed by atoms with van der Waals surface area (Å²) >= 11 is 0. The van der Waals surface area contributed by atoms with Crippen molar-refractivity contribution < 1.29 is 23.9 Å². The highest BCUT2D eigenvalue weighted by molar-refractivity contribution is 5.93. The van der Waals surface area contributed by atoms with Crippen LogP contribution in [0, 0.1) is 13.8 Å². The van der Waals surface area contributed by atoms with Crippen LogP contribution in [0.3, 0.4) is 0 Å². The normalized spacial score (nSPS) is 11.1. The first-order valence-electron chi connectivity index (χ1n) is 12.9. The molecule has 5 rings (SSSR count). The minimum atomic E-state index is -1.04. The number of ether oxygens (including phenoxy) is 2. The van der Waals surface area contributed by atoms with Gasteiger partial charge in [-0.1, -0.05) is 54.5 Å². The molecule has 0 unspecified atom stereocenters. The van der Waals surface area contributed by atoms with E-state index in [1.807, 2.05) is 74.5 Å². The number of para-hydroxylation sites is 1. The van der Waals surface area contributed by atoms with E-state index in [2.05, 4.69) is 17.1 Å². The standard InChI is InChI=1S/C32H30N2O5/c1-4-6-30-27(29(34-39-30)19-38-31-20(2)7-5-8-21(31)3)18-37-26-13-11-22(12-14-26)23-9-10-24-16-28(32(35)36)33-17-25(24)15-23/h5,7-17H,4,6,18-19H2,1-3H3,(H,35,36). The number of hydrogen-bond acceptors (Lipinski definition) is 6. The Kier molecular flexibility index (Phi) is 7.59. The molecule has 0 atom stereocenters. The quantitative estimate of drug-likeness (QED) is 0.205. The molecule has 0 saturated carbocycles. The number of aromatic carboxylic acids is 1. The number of rotatable bonds is 10. The van der Waals surface area contributed by atoms with Crippen LogP contribution in [0.25, 0.3) is 21.9 Å². The average Bonchev–Trinajstić information content (AvgIpc) is 3.32. The maximum Gasteiger partial charge on any atom is 0.354 e. The van der Waals surface area contributed by atoms with Crippen molar-refractivity contribution in [1.82, 2.24) is 10.1 Å². The Bertz CT molecular complexity index is 1600. The lowest BCUT2D eigenvalue weighted by atomic mass is 10.0. The van der Waals surface area contributed by atoms with Crippen molar-refractivity contribution in [1.29, 1.82) is 0 Å². The van der Waals surface area contributed by atoms with Crippen molar-refractivity contribution >= 4 is 16.7 Å². The zero-order chi connectivity index (χ0) is 27.4. The maximum absolute atomic E-state index is 11.2. The molecule has 0 aliphatic heterocycles. The smallest absolute Gasteiger partial charge is 0.354 e. The summed E-state index contributed by atoms with van der Waals surface area (Å²) in [6.07, 6.45) is 3.31. The Labute approximate surface area is 227 Å². The predicted octanol–water partition coefficient (Wildman–Crippen LogP) is 7.32. The van der Waals surface area contributed by atoms with Gasteiger partial charge in [0.25, 0.3) is 0 Å². The van der Waals surface area contributed by atoms with Crippen molar-refractivity contribution in [3.8, 4) is 22.6 Å². The van der Waals surface area contributed by atoms with E-state index < -0.39 is 5.97 Å². The van der Waals surface area contributed by atoms with Crippen LogP contribution in [0.1, 0.15) is 52.0 Å². The Balaban J connectivity index is 1.29. The molecule has 7 heteroatoms. The fourth-order valence-corrected chi connectivity index (χ4v) is 4.59. The molecule has 0 bridgehead atoms. The van der Waals surface area contributed by atoms with Crippen molar-refractivity contribution in [3.63, 3.8) is 0 Å². The number of carboxylic acid groups (broad SMARTS) is 1. The highest BCUT2D eigenvalue weighted by Crippen LogP contribution is 2.28. The number of carbonyl (C=O) groups is 1. The number of nitrogens with zero attached hydrogens (tertiary/aromatic N) is 2. The first kappa shape index (κ1) is 26.0. The average molecular weight is 523 g/mol. The summed E-state index contributed by atoms with van der Waals surface area (Å²) in [6.45, 7) is 6.81. The zero-order valence-electron chi connectivity index (χ0n) is 22.2.